The van der Waals surface area contributed by atoms with Gasteiger partial charge in [-0.2, -0.15) is 0 Å². The maximum Gasteiger partial charge on any atom is 0.227 e. The van der Waals surface area contributed by atoms with Crippen LogP contribution in [0.25, 0.3) is 0 Å². The third-order valence-corrected chi connectivity index (χ3v) is 4.48. The van der Waals surface area contributed by atoms with Crippen molar-refractivity contribution in [1.82, 2.24) is 4.90 Å². The number of nitrogens with zero attached hydrogens (tertiary/aromatic N) is 1. The Morgan fingerprint density at radius 3 is 2.62 bits per heavy atom. The molecule has 0 aliphatic carbocycles. The number of Topliss-reactive ketones (excluding diaryl/α,β-unsaturated/α-hetero) is 1. The lowest BCUT2D eigenvalue weighted by Crippen LogP contribution is -2.37. The van der Waals surface area contributed by atoms with E-state index < -0.39 is 0 Å². The molecule has 2 aromatic carbocycles. The van der Waals surface area contributed by atoms with E-state index in [1.807, 2.05) is 41.3 Å². The summed E-state index contributed by atoms with van der Waals surface area (Å²) in [6, 6.07) is 16.0. The Hall–Kier alpha value is -2.62. The molecule has 24 heavy (non-hydrogen) atoms. The van der Waals surface area contributed by atoms with E-state index in [1.54, 1.807) is 18.2 Å². The van der Waals surface area contributed by atoms with Crippen LogP contribution in [0.5, 0.6) is 5.75 Å². The lowest BCUT2D eigenvalue weighted by molar-refractivity contribution is -0.131. The van der Waals surface area contributed by atoms with Gasteiger partial charge in [-0.15, -0.1) is 0 Å². The molecular formula is C20H21NO3. The van der Waals surface area contributed by atoms with E-state index in [0.717, 1.165) is 18.4 Å². The molecule has 4 heteroatoms. The summed E-state index contributed by atoms with van der Waals surface area (Å²) in [5.74, 6) is 0.263. The zero-order chi connectivity index (χ0) is 16.9. The summed E-state index contributed by atoms with van der Waals surface area (Å²) in [6.45, 7) is 0.699. The number of carbonyl (C=O) groups is 2. The quantitative estimate of drug-likeness (QED) is 0.860. The van der Waals surface area contributed by atoms with Gasteiger partial charge in [0.1, 0.15) is 5.75 Å². The van der Waals surface area contributed by atoms with E-state index in [4.69, 9.17) is 0 Å². The smallest absolute Gasteiger partial charge is 0.227 e. The van der Waals surface area contributed by atoms with Crippen molar-refractivity contribution in [1.29, 1.82) is 0 Å². The van der Waals surface area contributed by atoms with Gasteiger partial charge in [-0.25, -0.2) is 0 Å². The molecule has 1 aliphatic heterocycles. The SMILES string of the molecule is O=C(C[C@@H]1CCCN1C(=O)Cc1cccc(O)c1)c1ccccc1. The van der Waals surface area contributed by atoms with Crippen molar-refractivity contribution in [3.63, 3.8) is 0 Å². The molecular weight excluding hydrogens is 302 g/mol. The largest absolute Gasteiger partial charge is 0.508 e. The van der Waals surface area contributed by atoms with Gasteiger partial charge in [0, 0.05) is 24.6 Å². The molecule has 1 fully saturated rings. The van der Waals surface area contributed by atoms with Crippen LogP contribution in [0.1, 0.15) is 35.2 Å². The third-order valence-electron chi connectivity index (χ3n) is 4.48. The first kappa shape index (κ1) is 16.2. The minimum atomic E-state index is -0.0254. The maximum atomic E-state index is 12.6. The summed E-state index contributed by atoms with van der Waals surface area (Å²) >= 11 is 0. The van der Waals surface area contributed by atoms with Crippen LogP contribution in [0, 0.1) is 0 Å². The van der Waals surface area contributed by atoms with Gasteiger partial charge in [-0.1, -0.05) is 42.5 Å². The average molecular weight is 323 g/mol. The molecule has 1 N–H and O–H groups in total. The molecule has 1 amide bonds. The van der Waals surface area contributed by atoms with Gasteiger partial charge in [-0.05, 0) is 30.5 Å². The zero-order valence-corrected chi connectivity index (χ0v) is 13.5. The van der Waals surface area contributed by atoms with Crippen LogP contribution in [-0.2, 0) is 11.2 Å². The Labute approximate surface area is 141 Å². The van der Waals surface area contributed by atoms with E-state index in [1.165, 1.54) is 0 Å². The highest BCUT2D eigenvalue weighted by Gasteiger charge is 2.30. The van der Waals surface area contributed by atoms with Gasteiger partial charge in [-0.3, -0.25) is 9.59 Å². The minimum absolute atomic E-state index is 0.0176. The number of hydrogen-bond donors (Lipinski definition) is 1. The number of amides is 1. The Kier molecular flexibility index (Phi) is 4.94. The summed E-state index contributed by atoms with van der Waals surface area (Å²) in [4.78, 5) is 26.8. The highest BCUT2D eigenvalue weighted by atomic mass is 16.3. The fourth-order valence-corrected chi connectivity index (χ4v) is 3.27. The average Bonchev–Trinajstić information content (AvgIpc) is 3.04. The van der Waals surface area contributed by atoms with Crippen molar-refractivity contribution in [3.8, 4) is 5.75 Å². The van der Waals surface area contributed by atoms with Crippen molar-refractivity contribution in [2.75, 3.05) is 6.54 Å². The molecule has 0 radical (unpaired) electrons. The highest BCUT2D eigenvalue weighted by molar-refractivity contribution is 5.96. The van der Waals surface area contributed by atoms with Crippen LogP contribution in [-0.4, -0.2) is 34.3 Å². The lowest BCUT2D eigenvalue weighted by Gasteiger charge is -2.24. The summed E-state index contributed by atoms with van der Waals surface area (Å²) in [6.07, 6.45) is 2.42. The molecule has 3 rings (SSSR count). The second kappa shape index (κ2) is 7.30. The van der Waals surface area contributed by atoms with Crippen molar-refractivity contribution in [2.24, 2.45) is 0 Å². The molecule has 4 nitrogen and oxygen atoms in total. The lowest BCUT2D eigenvalue weighted by atomic mass is 10.0. The monoisotopic (exact) mass is 323 g/mol. The predicted molar refractivity (Wildman–Crippen MR) is 91.9 cm³/mol. The van der Waals surface area contributed by atoms with E-state index >= 15 is 0 Å². The number of phenols is 1. The molecule has 0 spiro atoms. The Bertz CT molecular complexity index is 727. The van der Waals surface area contributed by atoms with Gasteiger partial charge >= 0.3 is 0 Å². The van der Waals surface area contributed by atoms with Gasteiger partial charge in [0.2, 0.25) is 5.91 Å². The van der Waals surface area contributed by atoms with Crippen LogP contribution >= 0.6 is 0 Å². The van der Waals surface area contributed by atoms with E-state index in [-0.39, 0.29) is 29.9 Å². The molecule has 1 saturated heterocycles. The summed E-state index contributed by atoms with van der Waals surface area (Å²) in [5.41, 5.74) is 1.49. The molecule has 0 unspecified atom stereocenters. The number of aromatic hydroxyl groups is 1. The molecule has 1 aliphatic rings. The van der Waals surface area contributed by atoms with Crippen LogP contribution in [0.3, 0.4) is 0 Å². The minimum Gasteiger partial charge on any atom is -0.508 e. The van der Waals surface area contributed by atoms with Crippen LogP contribution in [0.4, 0.5) is 0 Å². The Morgan fingerprint density at radius 1 is 1.08 bits per heavy atom. The van der Waals surface area contributed by atoms with E-state index in [2.05, 4.69) is 0 Å². The van der Waals surface area contributed by atoms with Gasteiger partial charge in [0.05, 0.1) is 6.42 Å². The fraction of sp³-hybridized carbons (Fsp3) is 0.300. The predicted octanol–water partition coefficient (Wildman–Crippen LogP) is 3.20. The Balaban J connectivity index is 1.64. The zero-order valence-electron chi connectivity index (χ0n) is 13.5. The fourth-order valence-electron chi connectivity index (χ4n) is 3.27. The number of carbonyl (C=O) groups excluding carboxylic acids is 2. The van der Waals surface area contributed by atoms with Crippen molar-refractivity contribution in [2.45, 2.75) is 31.7 Å². The van der Waals surface area contributed by atoms with E-state index in [0.29, 0.717) is 18.5 Å². The summed E-state index contributed by atoms with van der Waals surface area (Å²) in [7, 11) is 0. The van der Waals surface area contributed by atoms with E-state index in [9.17, 15) is 14.7 Å². The first-order valence-electron chi connectivity index (χ1n) is 8.29. The number of hydrogen-bond acceptors (Lipinski definition) is 3. The molecule has 0 aromatic heterocycles. The van der Waals surface area contributed by atoms with Crippen LogP contribution in [0.2, 0.25) is 0 Å². The number of benzene rings is 2. The Morgan fingerprint density at radius 2 is 1.88 bits per heavy atom. The maximum absolute atomic E-state index is 12.6. The molecule has 1 heterocycles. The molecule has 0 bridgehead atoms. The first-order valence-corrected chi connectivity index (χ1v) is 8.29. The highest BCUT2D eigenvalue weighted by Crippen LogP contribution is 2.23. The number of phenolic OH excluding ortho intramolecular Hbond substituents is 1. The standard InChI is InChI=1S/C20H21NO3/c22-18-10-4-6-15(12-18)13-20(24)21-11-5-9-17(21)14-19(23)16-7-2-1-3-8-16/h1-4,6-8,10,12,17,22H,5,9,11,13-14H2/t17-/m0/s1. The second-order valence-corrected chi connectivity index (χ2v) is 6.22. The van der Waals surface area contributed by atoms with Crippen molar-refractivity contribution in [3.05, 3.63) is 65.7 Å². The molecule has 124 valence electrons. The second-order valence-electron chi connectivity index (χ2n) is 6.22. The topological polar surface area (TPSA) is 57.6 Å². The molecule has 0 saturated carbocycles. The number of ketones is 1. The van der Waals surface area contributed by atoms with Crippen LogP contribution in [0.15, 0.2) is 54.6 Å². The molecule has 1 atom stereocenters. The van der Waals surface area contributed by atoms with Crippen molar-refractivity contribution >= 4 is 11.7 Å². The van der Waals surface area contributed by atoms with Gasteiger partial charge in [0.25, 0.3) is 0 Å². The number of rotatable bonds is 5. The van der Waals surface area contributed by atoms with Crippen molar-refractivity contribution < 1.29 is 14.7 Å². The van der Waals surface area contributed by atoms with Gasteiger partial charge < -0.3 is 10.0 Å². The first-order chi connectivity index (χ1) is 11.6. The summed E-state index contributed by atoms with van der Waals surface area (Å²) < 4.78 is 0. The third kappa shape index (κ3) is 3.82. The molecule has 2 aromatic rings. The van der Waals surface area contributed by atoms with Crippen LogP contribution < -0.4 is 0 Å². The summed E-state index contributed by atoms with van der Waals surface area (Å²) in [5, 5.41) is 9.52. The normalized spacial score (nSPS) is 17.0. The van der Waals surface area contributed by atoms with Gasteiger partial charge in [0.15, 0.2) is 5.78 Å². The number of likely N-dealkylation sites (tertiary alicyclic amines) is 1.